The normalized spacial score (nSPS) is 19.0. The molecule has 0 aromatic heterocycles. The lowest BCUT2D eigenvalue weighted by atomic mass is 9.99. The van der Waals surface area contributed by atoms with Gasteiger partial charge in [-0.1, -0.05) is 294 Å². The van der Waals surface area contributed by atoms with Gasteiger partial charge in [0.05, 0.1) is 25.4 Å². The second-order valence-corrected chi connectivity index (χ2v) is 23.6. The van der Waals surface area contributed by atoms with E-state index >= 15 is 0 Å². The first-order chi connectivity index (χ1) is 39.2. The Morgan fingerprint density at radius 3 is 1.31 bits per heavy atom. The SMILES string of the molecule is CCCCC/C=C\C/C=C\C/C=C\CCCCCCCCCCCC(O)C(=O)NC(COC1OC(CO)C(O)C(O)C1OC(=O)CCCCCCCCCCCCCCCCCCC)C(O)/C=C/CCCCCCCCCCCC. The third kappa shape index (κ3) is 44.2. The summed E-state index contributed by atoms with van der Waals surface area (Å²) in [6.07, 6.45) is 60.0. The van der Waals surface area contributed by atoms with Gasteiger partial charge in [-0.2, -0.15) is 0 Å². The minimum atomic E-state index is -1.61. The highest BCUT2D eigenvalue weighted by Crippen LogP contribution is 2.26. The van der Waals surface area contributed by atoms with Gasteiger partial charge in [-0.15, -0.1) is 0 Å². The molecule has 1 aliphatic heterocycles. The molecule has 0 saturated carbocycles. The minimum absolute atomic E-state index is 0.127. The fraction of sp³-hybridized carbons (Fsp3) is 0.855. The maximum absolute atomic E-state index is 13.5. The van der Waals surface area contributed by atoms with E-state index in [2.05, 4.69) is 62.5 Å². The molecule has 1 heterocycles. The number of nitrogens with one attached hydrogen (secondary N) is 1. The molecule has 1 fully saturated rings. The highest BCUT2D eigenvalue weighted by molar-refractivity contribution is 5.80. The summed E-state index contributed by atoms with van der Waals surface area (Å²) >= 11 is 0. The Morgan fingerprint density at radius 1 is 0.487 bits per heavy atom. The Labute approximate surface area is 491 Å². The molecular weight excluding hydrogens is 1000 g/mol. The number of rotatable bonds is 58. The van der Waals surface area contributed by atoms with Crippen LogP contribution in [0.5, 0.6) is 0 Å². The summed E-state index contributed by atoms with van der Waals surface area (Å²) in [6, 6.07) is -1.02. The smallest absolute Gasteiger partial charge is 0.306 e. The molecule has 0 aliphatic carbocycles. The fourth-order valence-corrected chi connectivity index (χ4v) is 10.6. The quantitative estimate of drug-likeness (QED) is 0.0195. The first-order valence-electron chi connectivity index (χ1n) is 33.9. The Balaban J connectivity index is 2.61. The van der Waals surface area contributed by atoms with Gasteiger partial charge in [0, 0.05) is 6.42 Å². The van der Waals surface area contributed by atoms with E-state index in [9.17, 15) is 35.1 Å². The van der Waals surface area contributed by atoms with Crippen LogP contribution in [0.15, 0.2) is 48.6 Å². The average molecular weight is 1130 g/mol. The summed E-state index contributed by atoms with van der Waals surface area (Å²) in [7, 11) is 0. The van der Waals surface area contributed by atoms with Gasteiger partial charge in [0.1, 0.15) is 24.4 Å². The summed E-state index contributed by atoms with van der Waals surface area (Å²) in [4.78, 5) is 26.6. The molecule has 0 aromatic rings. The zero-order valence-corrected chi connectivity index (χ0v) is 52.0. The fourth-order valence-electron chi connectivity index (χ4n) is 10.6. The average Bonchev–Trinajstić information content (AvgIpc) is 3.48. The van der Waals surface area contributed by atoms with Crippen LogP contribution < -0.4 is 5.32 Å². The maximum atomic E-state index is 13.5. The Bertz CT molecular complexity index is 1490. The Kier molecular flexibility index (Phi) is 54.0. The number of allylic oxidation sites excluding steroid dienone is 7. The molecule has 0 radical (unpaired) electrons. The van der Waals surface area contributed by atoms with E-state index in [0.717, 1.165) is 77.0 Å². The molecule has 8 atom stereocenters. The highest BCUT2D eigenvalue weighted by atomic mass is 16.7. The lowest BCUT2D eigenvalue weighted by Gasteiger charge is -2.41. The van der Waals surface area contributed by atoms with Crippen molar-refractivity contribution in [3.63, 3.8) is 0 Å². The standard InChI is InChI=1S/C69H127NO10/c1-4-7-10-13-16-19-22-25-27-29-30-31-32-33-35-36-38-41-44-47-50-53-56-62(73)68(77)70-60(61(72)55-52-49-46-43-40-24-21-18-15-12-9-6-3)59-78-69-67(66(76)65(75)63(58-71)79-69)80-64(74)57-54-51-48-45-42-39-37-34-28-26-23-20-17-14-11-8-5-2/h16,19,25,27,30-31,52,55,60-63,65-67,69,71-73,75-76H,4-15,17-18,20-24,26,28-29,32-51,53-54,56-59H2,1-3H3,(H,70,77)/b19-16-,27-25-,31-30-,55-52+. The molecule has 0 bridgehead atoms. The third-order valence-corrected chi connectivity index (χ3v) is 16.0. The van der Waals surface area contributed by atoms with Gasteiger partial charge in [-0.05, 0) is 64.2 Å². The van der Waals surface area contributed by atoms with Crippen molar-refractivity contribution in [2.75, 3.05) is 13.2 Å². The lowest BCUT2D eigenvalue weighted by Crippen LogP contribution is -2.61. The van der Waals surface area contributed by atoms with Crippen molar-refractivity contribution in [1.82, 2.24) is 5.32 Å². The van der Waals surface area contributed by atoms with Crippen LogP contribution in [-0.4, -0.2) is 99.6 Å². The monoisotopic (exact) mass is 1130 g/mol. The molecule has 6 N–H and O–H groups in total. The summed E-state index contributed by atoms with van der Waals surface area (Å²) in [5.74, 6) is -1.19. The van der Waals surface area contributed by atoms with Crippen molar-refractivity contribution < 1.29 is 49.3 Å². The van der Waals surface area contributed by atoms with Crippen LogP contribution in [0.25, 0.3) is 0 Å². The minimum Gasteiger partial charge on any atom is -0.454 e. The van der Waals surface area contributed by atoms with Crippen molar-refractivity contribution >= 4 is 11.9 Å². The third-order valence-electron chi connectivity index (χ3n) is 16.0. The van der Waals surface area contributed by atoms with Gasteiger partial charge >= 0.3 is 5.97 Å². The van der Waals surface area contributed by atoms with Crippen LogP contribution in [0.2, 0.25) is 0 Å². The van der Waals surface area contributed by atoms with Gasteiger partial charge < -0.3 is 45.1 Å². The number of esters is 1. The molecule has 0 aromatic carbocycles. The van der Waals surface area contributed by atoms with E-state index in [0.29, 0.717) is 12.8 Å². The molecule has 8 unspecified atom stereocenters. The van der Waals surface area contributed by atoms with Crippen molar-refractivity contribution in [3.8, 4) is 0 Å². The Hall–Kier alpha value is -2.38. The van der Waals surface area contributed by atoms with Gasteiger partial charge in [0.2, 0.25) is 5.91 Å². The first-order valence-corrected chi connectivity index (χ1v) is 33.9. The summed E-state index contributed by atoms with van der Waals surface area (Å²) in [6.45, 7) is 5.79. The summed E-state index contributed by atoms with van der Waals surface area (Å²) in [5.41, 5.74) is 0. The number of amides is 1. The predicted molar refractivity (Wildman–Crippen MR) is 334 cm³/mol. The molecule has 11 nitrogen and oxygen atoms in total. The summed E-state index contributed by atoms with van der Waals surface area (Å²) in [5, 5.41) is 57.1. The van der Waals surface area contributed by atoms with Crippen molar-refractivity contribution in [2.45, 2.75) is 365 Å². The maximum Gasteiger partial charge on any atom is 0.306 e. The van der Waals surface area contributed by atoms with E-state index in [1.807, 2.05) is 6.08 Å². The van der Waals surface area contributed by atoms with Gasteiger partial charge in [-0.3, -0.25) is 9.59 Å². The largest absolute Gasteiger partial charge is 0.454 e. The zero-order chi connectivity index (χ0) is 58.2. The molecule has 1 saturated heterocycles. The molecule has 1 aliphatic rings. The first kappa shape index (κ1) is 75.6. The van der Waals surface area contributed by atoms with Gasteiger partial charge in [-0.25, -0.2) is 0 Å². The number of aliphatic hydroxyl groups is 5. The van der Waals surface area contributed by atoms with Crippen LogP contribution in [0.4, 0.5) is 0 Å². The second kappa shape index (κ2) is 57.1. The number of hydrogen-bond acceptors (Lipinski definition) is 10. The molecular formula is C69H127NO10. The van der Waals surface area contributed by atoms with Gasteiger partial charge in [0.25, 0.3) is 0 Å². The number of carbonyl (C=O) groups is 2. The molecule has 11 heteroatoms. The molecule has 0 spiro atoms. The van der Waals surface area contributed by atoms with Gasteiger partial charge in [0.15, 0.2) is 12.4 Å². The lowest BCUT2D eigenvalue weighted by molar-refractivity contribution is -0.305. The Morgan fingerprint density at radius 2 is 0.863 bits per heavy atom. The van der Waals surface area contributed by atoms with Crippen molar-refractivity contribution in [3.05, 3.63) is 48.6 Å². The van der Waals surface area contributed by atoms with Crippen LogP contribution in [0.1, 0.15) is 316 Å². The molecule has 1 amide bonds. The van der Waals surface area contributed by atoms with E-state index in [1.165, 1.54) is 193 Å². The molecule has 468 valence electrons. The second-order valence-electron chi connectivity index (χ2n) is 23.6. The van der Waals surface area contributed by atoms with Crippen LogP contribution >= 0.6 is 0 Å². The molecule has 80 heavy (non-hydrogen) atoms. The summed E-state index contributed by atoms with van der Waals surface area (Å²) < 4.78 is 17.7. The number of unbranched alkanes of at least 4 members (excludes halogenated alkanes) is 38. The highest BCUT2D eigenvalue weighted by Gasteiger charge is 2.47. The number of aliphatic hydroxyl groups excluding tert-OH is 5. The topological polar surface area (TPSA) is 175 Å². The molecule has 1 rings (SSSR count). The van der Waals surface area contributed by atoms with Crippen molar-refractivity contribution in [1.29, 1.82) is 0 Å². The number of ether oxygens (including phenoxy) is 3. The van der Waals surface area contributed by atoms with Crippen molar-refractivity contribution in [2.24, 2.45) is 0 Å². The zero-order valence-electron chi connectivity index (χ0n) is 52.0. The van der Waals surface area contributed by atoms with E-state index in [-0.39, 0.29) is 19.4 Å². The van der Waals surface area contributed by atoms with Crippen LogP contribution in [0.3, 0.4) is 0 Å². The van der Waals surface area contributed by atoms with Crippen LogP contribution in [0, 0.1) is 0 Å². The van der Waals surface area contributed by atoms with Crippen LogP contribution in [-0.2, 0) is 23.8 Å². The van der Waals surface area contributed by atoms with E-state index in [1.54, 1.807) is 6.08 Å². The number of hydrogen-bond donors (Lipinski definition) is 6. The number of carbonyl (C=O) groups excluding carboxylic acids is 2. The van der Waals surface area contributed by atoms with E-state index in [4.69, 9.17) is 14.2 Å². The predicted octanol–water partition coefficient (Wildman–Crippen LogP) is 16.8. The van der Waals surface area contributed by atoms with E-state index < -0.39 is 67.4 Å².